The molecule has 7 heteroatoms. The molecule has 0 aliphatic carbocycles. The number of methoxy groups -OCH3 is 1. The van der Waals surface area contributed by atoms with Gasteiger partial charge in [0.2, 0.25) is 5.82 Å². The molecule has 0 aliphatic heterocycles. The molecular formula is C13H22N4O3. The van der Waals surface area contributed by atoms with Crippen molar-refractivity contribution in [2.24, 2.45) is 0 Å². The molecule has 0 spiro atoms. The Kier molecular flexibility index (Phi) is 7.31. The highest BCUT2D eigenvalue weighted by Gasteiger charge is 2.23. The quantitative estimate of drug-likeness (QED) is 0.402. The second-order valence-corrected chi connectivity index (χ2v) is 4.53. The van der Waals surface area contributed by atoms with Gasteiger partial charge in [-0.15, -0.1) is 0 Å². The van der Waals surface area contributed by atoms with E-state index in [1.807, 2.05) is 0 Å². The molecule has 20 heavy (non-hydrogen) atoms. The number of nitro groups is 1. The third-order valence-corrected chi connectivity index (χ3v) is 2.99. The topological polar surface area (TPSA) is 90.2 Å². The van der Waals surface area contributed by atoms with E-state index in [0.29, 0.717) is 6.54 Å². The minimum absolute atomic E-state index is 0.0181. The lowest BCUT2D eigenvalue weighted by atomic mass is 10.1. The molecule has 0 aromatic carbocycles. The van der Waals surface area contributed by atoms with Gasteiger partial charge in [0.05, 0.1) is 12.0 Å². The summed E-state index contributed by atoms with van der Waals surface area (Å²) < 4.78 is 4.89. The van der Waals surface area contributed by atoms with E-state index in [4.69, 9.17) is 4.74 Å². The van der Waals surface area contributed by atoms with Gasteiger partial charge in [-0.25, -0.2) is 4.98 Å². The van der Waals surface area contributed by atoms with Gasteiger partial charge in [-0.3, -0.25) is 10.1 Å². The average molecular weight is 282 g/mol. The van der Waals surface area contributed by atoms with Crippen molar-refractivity contribution in [2.75, 3.05) is 19.0 Å². The highest BCUT2D eigenvalue weighted by atomic mass is 16.6. The first-order valence-electron chi connectivity index (χ1n) is 6.98. The predicted molar refractivity (Wildman–Crippen MR) is 77.1 cm³/mol. The highest BCUT2D eigenvalue weighted by Crippen LogP contribution is 2.30. The normalized spacial score (nSPS) is 10.3. The first-order chi connectivity index (χ1) is 9.70. The molecule has 0 atom stereocenters. The number of nitrogens with zero attached hydrogens (tertiary/aromatic N) is 3. The number of hydrogen-bond acceptors (Lipinski definition) is 6. The van der Waals surface area contributed by atoms with Crippen LogP contribution >= 0.6 is 0 Å². The fourth-order valence-electron chi connectivity index (χ4n) is 1.92. The van der Waals surface area contributed by atoms with E-state index < -0.39 is 4.92 Å². The SMILES string of the molecule is CCCCCCCCNc1ncnc(OC)c1[N+](=O)[O-]. The van der Waals surface area contributed by atoms with Crippen molar-refractivity contribution in [3.8, 4) is 5.88 Å². The van der Waals surface area contributed by atoms with Gasteiger partial charge in [0.1, 0.15) is 6.33 Å². The zero-order chi connectivity index (χ0) is 14.8. The summed E-state index contributed by atoms with van der Waals surface area (Å²) in [6.45, 7) is 2.84. The maximum absolute atomic E-state index is 11.0. The van der Waals surface area contributed by atoms with Crippen molar-refractivity contribution in [1.82, 2.24) is 9.97 Å². The van der Waals surface area contributed by atoms with Crippen LogP contribution in [0.15, 0.2) is 6.33 Å². The summed E-state index contributed by atoms with van der Waals surface area (Å²) in [6.07, 6.45) is 8.28. The Morgan fingerprint density at radius 1 is 1.25 bits per heavy atom. The number of anilines is 1. The van der Waals surface area contributed by atoms with Gasteiger partial charge >= 0.3 is 5.69 Å². The van der Waals surface area contributed by atoms with Gasteiger partial charge in [-0.2, -0.15) is 4.98 Å². The lowest BCUT2D eigenvalue weighted by molar-refractivity contribution is -0.385. The largest absolute Gasteiger partial charge is 0.476 e. The van der Waals surface area contributed by atoms with Crippen LogP contribution in [0.1, 0.15) is 45.4 Å². The van der Waals surface area contributed by atoms with Crippen molar-refractivity contribution in [3.05, 3.63) is 16.4 Å². The van der Waals surface area contributed by atoms with Gasteiger partial charge in [-0.05, 0) is 6.42 Å². The van der Waals surface area contributed by atoms with E-state index in [0.717, 1.165) is 12.8 Å². The molecule has 0 bridgehead atoms. The maximum atomic E-state index is 11.0. The van der Waals surface area contributed by atoms with Crippen LogP contribution in [0.25, 0.3) is 0 Å². The van der Waals surface area contributed by atoms with Gasteiger partial charge in [-0.1, -0.05) is 39.0 Å². The monoisotopic (exact) mass is 282 g/mol. The summed E-state index contributed by atoms with van der Waals surface area (Å²) >= 11 is 0. The molecule has 1 rings (SSSR count). The molecule has 1 aromatic heterocycles. The third kappa shape index (κ3) is 4.99. The van der Waals surface area contributed by atoms with E-state index in [1.54, 1.807) is 0 Å². The first-order valence-corrected chi connectivity index (χ1v) is 6.98. The van der Waals surface area contributed by atoms with Crippen LogP contribution in [0.4, 0.5) is 11.5 Å². The Morgan fingerprint density at radius 2 is 1.95 bits per heavy atom. The molecule has 0 amide bonds. The minimum atomic E-state index is -0.525. The smallest absolute Gasteiger partial charge is 0.372 e. The highest BCUT2D eigenvalue weighted by molar-refractivity contribution is 5.60. The number of aromatic nitrogens is 2. The van der Waals surface area contributed by atoms with E-state index in [2.05, 4.69) is 22.2 Å². The number of unbranched alkanes of at least 4 members (excludes halogenated alkanes) is 5. The lowest BCUT2D eigenvalue weighted by Gasteiger charge is -2.07. The minimum Gasteiger partial charge on any atom is -0.476 e. The molecule has 0 unspecified atom stereocenters. The summed E-state index contributed by atoms with van der Waals surface area (Å²) in [7, 11) is 1.35. The van der Waals surface area contributed by atoms with Gasteiger partial charge < -0.3 is 10.1 Å². The Morgan fingerprint density at radius 3 is 2.60 bits per heavy atom. The van der Waals surface area contributed by atoms with Crippen LogP contribution in [-0.2, 0) is 0 Å². The molecule has 1 N–H and O–H groups in total. The van der Waals surface area contributed by atoms with Crippen molar-refractivity contribution in [3.63, 3.8) is 0 Å². The number of hydrogen-bond donors (Lipinski definition) is 1. The second-order valence-electron chi connectivity index (χ2n) is 4.53. The summed E-state index contributed by atoms with van der Waals surface area (Å²) in [6, 6.07) is 0. The summed E-state index contributed by atoms with van der Waals surface area (Å²) in [5.41, 5.74) is -0.207. The number of rotatable bonds is 10. The molecule has 0 fully saturated rings. The van der Waals surface area contributed by atoms with E-state index in [-0.39, 0.29) is 17.4 Å². The third-order valence-electron chi connectivity index (χ3n) is 2.99. The molecule has 1 heterocycles. The number of nitrogens with one attached hydrogen (secondary N) is 1. The zero-order valence-electron chi connectivity index (χ0n) is 12.1. The van der Waals surface area contributed by atoms with Gasteiger partial charge in [0.15, 0.2) is 0 Å². The Bertz CT molecular complexity index is 426. The van der Waals surface area contributed by atoms with Crippen LogP contribution in [0.5, 0.6) is 5.88 Å². The average Bonchev–Trinajstić information content (AvgIpc) is 2.45. The molecule has 0 radical (unpaired) electrons. The fourth-order valence-corrected chi connectivity index (χ4v) is 1.92. The molecule has 0 saturated carbocycles. The molecule has 7 nitrogen and oxygen atoms in total. The second kappa shape index (κ2) is 9.06. The van der Waals surface area contributed by atoms with E-state index in [1.165, 1.54) is 39.1 Å². The standard InChI is InChI=1S/C13H22N4O3/c1-3-4-5-6-7-8-9-14-12-11(17(18)19)13(20-2)16-10-15-12/h10H,3-9H2,1-2H3,(H,14,15,16). The molecule has 0 aliphatic rings. The molecule has 112 valence electrons. The number of ether oxygens (including phenoxy) is 1. The lowest BCUT2D eigenvalue weighted by Crippen LogP contribution is -2.08. The van der Waals surface area contributed by atoms with E-state index in [9.17, 15) is 10.1 Å². The van der Waals surface area contributed by atoms with Crippen LogP contribution in [0, 0.1) is 10.1 Å². The van der Waals surface area contributed by atoms with Gasteiger partial charge in [0, 0.05) is 6.54 Å². The first kappa shape index (κ1) is 16.1. The molecule has 0 saturated heterocycles. The van der Waals surface area contributed by atoms with Crippen molar-refractivity contribution in [2.45, 2.75) is 45.4 Å². The predicted octanol–water partition coefficient (Wildman–Crippen LogP) is 3.17. The fraction of sp³-hybridized carbons (Fsp3) is 0.692. The van der Waals surface area contributed by atoms with Crippen molar-refractivity contribution >= 4 is 11.5 Å². The molecule has 1 aromatic rings. The zero-order valence-corrected chi connectivity index (χ0v) is 12.1. The van der Waals surface area contributed by atoms with Crippen LogP contribution in [0.2, 0.25) is 0 Å². The van der Waals surface area contributed by atoms with Crippen LogP contribution in [0.3, 0.4) is 0 Å². The Labute approximate surface area is 118 Å². The van der Waals surface area contributed by atoms with E-state index >= 15 is 0 Å². The van der Waals surface area contributed by atoms with Crippen LogP contribution in [-0.4, -0.2) is 28.5 Å². The van der Waals surface area contributed by atoms with Crippen LogP contribution < -0.4 is 10.1 Å². The summed E-state index contributed by atoms with van der Waals surface area (Å²) in [5.74, 6) is 0.200. The van der Waals surface area contributed by atoms with Gasteiger partial charge in [0.25, 0.3) is 5.88 Å². The Balaban J connectivity index is 2.45. The van der Waals surface area contributed by atoms with Crippen molar-refractivity contribution in [1.29, 1.82) is 0 Å². The summed E-state index contributed by atoms with van der Waals surface area (Å²) in [5, 5.41) is 14.0. The Hall–Kier alpha value is -1.92. The maximum Gasteiger partial charge on any atom is 0.372 e. The summed E-state index contributed by atoms with van der Waals surface area (Å²) in [4.78, 5) is 18.1. The van der Waals surface area contributed by atoms with Crippen molar-refractivity contribution < 1.29 is 9.66 Å². The molecular weight excluding hydrogens is 260 g/mol.